The second kappa shape index (κ2) is 10.6. The van der Waals surface area contributed by atoms with Crippen LogP contribution in [-0.4, -0.2) is 51.8 Å². The van der Waals surface area contributed by atoms with Crippen molar-refractivity contribution >= 4 is 23.6 Å². The molecule has 1 N–H and O–H groups in total. The van der Waals surface area contributed by atoms with Crippen molar-refractivity contribution in [3.05, 3.63) is 35.9 Å². The number of anilines is 1. The number of carbonyl (C=O) groups is 2. The van der Waals surface area contributed by atoms with Crippen LogP contribution in [0.2, 0.25) is 0 Å². The molecule has 1 aliphatic rings. The van der Waals surface area contributed by atoms with Crippen LogP contribution in [0.15, 0.2) is 30.3 Å². The fourth-order valence-electron chi connectivity index (χ4n) is 2.55. The number of hydrogen-bond donors (Lipinski definition) is 1. The van der Waals surface area contributed by atoms with Gasteiger partial charge in [-0.25, -0.2) is 0 Å². The van der Waals surface area contributed by atoms with Crippen molar-refractivity contribution in [1.82, 2.24) is 5.32 Å². The van der Waals surface area contributed by atoms with Crippen molar-refractivity contribution in [3.63, 3.8) is 0 Å². The minimum Gasteiger partial charge on any atom is -0.382 e. The molecular weight excluding hydrogens is 320 g/mol. The van der Waals surface area contributed by atoms with Crippen LogP contribution < -0.4 is 10.2 Å². The van der Waals surface area contributed by atoms with E-state index in [0.717, 1.165) is 30.6 Å². The summed E-state index contributed by atoms with van der Waals surface area (Å²) in [7, 11) is 1.63. The van der Waals surface area contributed by atoms with Gasteiger partial charge in [0.25, 0.3) is 0 Å². The monoisotopic (exact) mass is 346 g/mol. The highest BCUT2D eigenvalue weighted by molar-refractivity contribution is 5.95. The van der Waals surface area contributed by atoms with Crippen LogP contribution in [0.5, 0.6) is 0 Å². The van der Waals surface area contributed by atoms with E-state index in [1.54, 1.807) is 18.1 Å². The van der Waals surface area contributed by atoms with Gasteiger partial charge in [0, 0.05) is 45.0 Å². The zero-order chi connectivity index (χ0) is 17.9. The summed E-state index contributed by atoms with van der Waals surface area (Å²) < 4.78 is 10.2. The van der Waals surface area contributed by atoms with Crippen molar-refractivity contribution in [3.8, 4) is 0 Å². The molecule has 0 spiro atoms. The van der Waals surface area contributed by atoms with Crippen LogP contribution in [0.4, 0.5) is 5.69 Å². The van der Waals surface area contributed by atoms with E-state index in [0.29, 0.717) is 32.8 Å². The maximum absolute atomic E-state index is 11.8. The Bertz CT molecular complexity index is 584. The van der Waals surface area contributed by atoms with Gasteiger partial charge in [-0.2, -0.15) is 0 Å². The second-order valence-corrected chi connectivity index (χ2v) is 5.82. The molecule has 2 rings (SSSR count). The Hall–Kier alpha value is -2.18. The average Bonchev–Trinajstić information content (AvgIpc) is 3.05. The molecule has 0 unspecified atom stereocenters. The van der Waals surface area contributed by atoms with Crippen LogP contribution in [0.3, 0.4) is 0 Å². The van der Waals surface area contributed by atoms with E-state index in [1.165, 1.54) is 6.08 Å². The largest absolute Gasteiger partial charge is 0.382 e. The third kappa shape index (κ3) is 6.68. The van der Waals surface area contributed by atoms with E-state index in [9.17, 15) is 9.59 Å². The van der Waals surface area contributed by atoms with Crippen LogP contribution in [-0.2, 0) is 19.1 Å². The third-order valence-corrected chi connectivity index (χ3v) is 3.90. The van der Waals surface area contributed by atoms with E-state index in [1.807, 2.05) is 24.3 Å². The van der Waals surface area contributed by atoms with Crippen molar-refractivity contribution in [2.75, 3.05) is 44.9 Å². The summed E-state index contributed by atoms with van der Waals surface area (Å²) in [5.74, 6) is 0.0459. The Kier molecular flexibility index (Phi) is 8.15. The summed E-state index contributed by atoms with van der Waals surface area (Å²) in [6, 6.07) is 7.65. The first-order valence-electron chi connectivity index (χ1n) is 8.64. The summed E-state index contributed by atoms with van der Waals surface area (Å²) in [5, 5.41) is 2.82. The van der Waals surface area contributed by atoms with Gasteiger partial charge in [-0.3, -0.25) is 9.59 Å². The first kappa shape index (κ1) is 19.1. The number of rotatable bonds is 10. The molecule has 1 heterocycles. The van der Waals surface area contributed by atoms with Crippen molar-refractivity contribution in [2.24, 2.45) is 0 Å². The summed E-state index contributed by atoms with van der Waals surface area (Å²) in [6.07, 6.45) is 5.58. The molecule has 0 aliphatic carbocycles. The Morgan fingerprint density at radius 3 is 2.72 bits per heavy atom. The topological polar surface area (TPSA) is 67.9 Å². The lowest BCUT2D eigenvalue weighted by Crippen LogP contribution is -2.23. The molecule has 1 fully saturated rings. The third-order valence-electron chi connectivity index (χ3n) is 3.90. The van der Waals surface area contributed by atoms with Crippen LogP contribution in [0.1, 0.15) is 24.8 Å². The van der Waals surface area contributed by atoms with Gasteiger partial charge in [0.05, 0.1) is 13.2 Å². The molecule has 1 saturated heterocycles. The van der Waals surface area contributed by atoms with Crippen molar-refractivity contribution < 1.29 is 19.1 Å². The lowest BCUT2D eigenvalue weighted by Gasteiger charge is -2.15. The number of nitrogens with one attached hydrogen (secondary N) is 1. The summed E-state index contributed by atoms with van der Waals surface area (Å²) in [6.45, 7) is 3.12. The standard InChI is InChI=1S/C19H26N2O4/c1-24-14-15-25-13-3-11-20-18(22)10-7-16-5-8-17(9-6-16)21-12-2-4-19(21)23/h5-10H,2-4,11-15H2,1H3,(H,20,22)/b10-7+. The lowest BCUT2D eigenvalue weighted by molar-refractivity contribution is -0.117. The SMILES string of the molecule is COCCOCCCNC(=O)/C=C/c1ccc(N2CCCC2=O)cc1. The number of amides is 2. The molecule has 1 aromatic carbocycles. The zero-order valence-electron chi connectivity index (χ0n) is 14.7. The maximum Gasteiger partial charge on any atom is 0.244 e. The van der Waals surface area contributed by atoms with Crippen molar-refractivity contribution in [1.29, 1.82) is 0 Å². The van der Waals surface area contributed by atoms with Gasteiger partial charge in [0.15, 0.2) is 0 Å². The fraction of sp³-hybridized carbons (Fsp3) is 0.474. The van der Waals surface area contributed by atoms with E-state index in [-0.39, 0.29) is 11.8 Å². The van der Waals surface area contributed by atoms with E-state index in [4.69, 9.17) is 9.47 Å². The number of methoxy groups -OCH3 is 1. The highest BCUT2D eigenvalue weighted by atomic mass is 16.5. The maximum atomic E-state index is 11.8. The lowest BCUT2D eigenvalue weighted by atomic mass is 10.2. The summed E-state index contributed by atoms with van der Waals surface area (Å²) in [4.78, 5) is 25.3. The Labute approximate surface area is 148 Å². The van der Waals surface area contributed by atoms with E-state index in [2.05, 4.69) is 5.32 Å². The number of nitrogens with zero attached hydrogens (tertiary/aromatic N) is 1. The first-order valence-corrected chi connectivity index (χ1v) is 8.64. The molecule has 136 valence electrons. The molecule has 0 radical (unpaired) electrons. The summed E-state index contributed by atoms with van der Waals surface area (Å²) in [5.41, 5.74) is 1.84. The molecule has 0 atom stereocenters. The smallest absolute Gasteiger partial charge is 0.244 e. The van der Waals surface area contributed by atoms with Gasteiger partial charge in [0.1, 0.15) is 0 Å². The van der Waals surface area contributed by atoms with Gasteiger partial charge < -0.3 is 19.7 Å². The minimum atomic E-state index is -0.129. The molecule has 0 aromatic heterocycles. The Balaban J connectivity index is 1.68. The first-order chi connectivity index (χ1) is 12.2. The Morgan fingerprint density at radius 1 is 1.24 bits per heavy atom. The van der Waals surface area contributed by atoms with Crippen LogP contribution >= 0.6 is 0 Å². The van der Waals surface area contributed by atoms with Gasteiger partial charge in [-0.15, -0.1) is 0 Å². The molecule has 1 aliphatic heterocycles. The molecule has 1 aromatic rings. The molecule has 6 nitrogen and oxygen atoms in total. The highest BCUT2D eigenvalue weighted by Crippen LogP contribution is 2.21. The number of hydrogen-bond acceptors (Lipinski definition) is 4. The van der Waals surface area contributed by atoms with Crippen LogP contribution in [0.25, 0.3) is 6.08 Å². The fourth-order valence-corrected chi connectivity index (χ4v) is 2.55. The molecular formula is C19H26N2O4. The number of carbonyl (C=O) groups excluding carboxylic acids is 2. The minimum absolute atomic E-state index is 0.129. The summed E-state index contributed by atoms with van der Waals surface area (Å²) >= 11 is 0. The van der Waals surface area contributed by atoms with Gasteiger partial charge in [0.2, 0.25) is 11.8 Å². The van der Waals surface area contributed by atoms with Crippen LogP contribution in [0, 0.1) is 0 Å². The predicted molar refractivity (Wildman–Crippen MR) is 97.4 cm³/mol. The predicted octanol–water partition coefficient (Wildman–Crippen LogP) is 2.00. The van der Waals surface area contributed by atoms with Crippen molar-refractivity contribution in [2.45, 2.75) is 19.3 Å². The van der Waals surface area contributed by atoms with Gasteiger partial charge in [-0.1, -0.05) is 12.1 Å². The number of ether oxygens (including phenoxy) is 2. The quantitative estimate of drug-likeness (QED) is 0.520. The number of benzene rings is 1. The second-order valence-electron chi connectivity index (χ2n) is 5.82. The van der Waals surface area contributed by atoms with Gasteiger partial charge in [-0.05, 0) is 36.6 Å². The molecule has 25 heavy (non-hydrogen) atoms. The normalized spacial score (nSPS) is 14.4. The average molecular weight is 346 g/mol. The van der Waals surface area contributed by atoms with E-state index >= 15 is 0 Å². The molecule has 0 bridgehead atoms. The molecule has 6 heteroatoms. The highest BCUT2D eigenvalue weighted by Gasteiger charge is 2.21. The van der Waals surface area contributed by atoms with Gasteiger partial charge >= 0.3 is 0 Å². The Morgan fingerprint density at radius 2 is 2.04 bits per heavy atom. The molecule has 0 saturated carbocycles. The zero-order valence-corrected chi connectivity index (χ0v) is 14.7. The van der Waals surface area contributed by atoms with E-state index < -0.39 is 0 Å². The molecule has 2 amide bonds.